The van der Waals surface area contributed by atoms with Crippen molar-refractivity contribution in [2.75, 3.05) is 46.9 Å². The third-order valence-corrected chi connectivity index (χ3v) is 5.60. The summed E-state index contributed by atoms with van der Waals surface area (Å²) in [6, 6.07) is 3.73. The van der Waals surface area contributed by atoms with Crippen molar-refractivity contribution in [1.82, 2.24) is 10.6 Å². The second-order valence-electron chi connectivity index (χ2n) is 7.82. The number of ether oxygens (including phenoxy) is 2. The first-order chi connectivity index (χ1) is 13.9. The molecule has 0 unspecified atom stereocenters. The zero-order valence-electron chi connectivity index (χ0n) is 18.3. The molecule has 162 valence electrons. The number of nitrogens with one attached hydrogen (secondary N) is 4. The number of hydrogen-bond donors (Lipinski definition) is 4. The van der Waals surface area contributed by atoms with Crippen LogP contribution in [-0.4, -0.2) is 64.9 Å². The standard InChI is InChI=1S/C21H34N4O4/c1-6-16(3)22-21(27)23-20(26)14-25-9-7-24(8-10-25)13-17-12-19(29-5)18(28-4)11-15(17)2/h11-12,16H,6-10,13-14H2,1-5H3,(H2,22,23,26,27)/p+2/t16-/m0/s1. The average Bonchev–Trinajstić information content (AvgIpc) is 2.70. The number of urea groups is 1. The van der Waals surface area contributed by atoms with Crippen molar-refractivity contribution in [2.45, 2.75) is 39.8 Å². The molecule has 1 heterocycles. The summed E-state index contributed by atoms with van der Waals surface area (Å²) in [4.78, 5) is 26.6. The Morgan fingerprint density at radius 3 is 2.24 bits per heavy atom. The number of hydrogen-bond acceptors (Lipinski definition) is 4. The van der Waals surface area contributed by atoms with Crippen molar-refractivity contribution in [3.63, 3.8) is 0 Å². The van der Waals surface area contributed by atoms with Gasteiger partial charge in [-0.3, -0.25) is 10.1 Å². The Morgan fingerprint density at radius 1 is 1.07 bits per heavy atom. The van der Waals surface area contributed by atoms with E-state index in [1.807, 2.05) is 19.9 Å². The highest BCUT2D eigenvalue weighted by atomic mass is 16.5. The molecule has 8 heteroatoms. The van der Waals surface area contributed by atoms with Gasteiger partial charge in [-0.25, -0.2) is 4.79 Å². The Hall–Kier alpha value is -2.32. The number of carbonyl (C=O) groups is 2. The molecular formula is C21H36N4O4+2. The summed E-state index contributed by atoms with van der Waals surface area (Å²) >= 11 is 0. The Morgan fingerprint density at radius 2 is 1.66 bits per heavy atom. The first-order valence-electron chi connectivity index (χ1n) is 10.3. The van der Waals surface area contributed by atoms with E-state index in [1.54, 1.807) is 14.2 Å². The van der Waals surface area contributed by atoms with Gasteiger partial charge in [0, 0.05) is 11.6 Å². The average molecular weight is 409 g/mol. The van der Waals surface area contributed by atoms with Gasteiger partial charge in [0.2, 0.25) is 0 Å². The van der Waals surface area contributed by atoms with Gasteiger partial charge in [-0.1, -0.05) is 6.92 Å². The number of piperazine rings is 1. The molecule has 0 spiro atoms. The summed E-state index contributed by atoms with van der Waals surface area (Å²) < 4.78 is 10.8. The highest BCUT2D eigenvalue weighted by molar-refractivity contribution is 5.94. The molecule has 1 atom stereocenters. The molecule has 1 aromatic carbocycles. The zero-order valence-corrected chi connectivity index (χ0v) is 18.3. The molecular weight excluding hydrogens is 372 g/mol. The number of amides is 3. The maximum absolute atomic E-state index is 12.1. The monoisotopic (exact) mass is 408 g/mol. The van der Waals surface area contributed by atoms with Gasteiger partial charge in [0.1, 0.15) is 32.7 Å². The minimum Gasteiger partial charge on any atom is -0.493 e. The molecule has 0 aromatic heterocycles. The van der Waals surface area contributed by atoms with Gasteiger partial charge in [-0.2, -0.15) is 0 Å². The van der Waals surface area contributed by atoms with Crippen LogP contribution in [0.4, 0.5) is 4.79 Å². The molecule has 1 saturated heterocycles. The first kappa shape index (κ1) is 23.0. The van der Waals surface area contributed by atoms with Gasteiger partial charge in [-0.05, 0) is 38.0 Å². The predicted molar refractivity (Wildman–Crippen MR) is 111 cm³/mol. The Kier molecular flexibility index (Phi) is 8.72. The van der Waals surface area contributed by atoms with Crippen LogP contribution in [0.5, 0.6) is 11.5 Å². The quantitative estimate of drug-likeness (QED) is 0.441. The van der Waals surface area contributed by atoms with Crippen LogP contribution in [0.25, 0.3) is 0 Å². The summed E-state index contributed by atoms with van der Waals surface area (Å²) in [6.45, 7) is 11.0. The van der Waals surface area contributed by atoms with Gasteiger partial charge in [0.25, 0.3) is 5.91 Å². The third-order valence-electron chi connectivity index (χ3n) is 5.60. The van der Waals surface area contributed by atoms with Crippen LogP contribution >= 0.6 is 0 Å². The third kappa shape index (κ3) is 6.90. The fraction of sp³-hybridized carbons (Fsp3) is 0.619. The minimum absolute atomic E-state index is 0.0577. The SMILES string of the molecule is CC[C@H](C)NC(=O)NC(=O)C[NH+]1CC[NH+](Cc2cc(OC)c(OC)cc2C)CC1. The maximum Gasteiger partial charge on any atom is 0.321 e. The molecule has 29 heavy (non-hydrogen) atoms. The highest BCUT2D eigenvalue weighted by Gasteiger charge is 2.26. The number of quaternary nitrogens is 2. The molecule has 1 fully saturated rings. The number of benzene rings is 1. The second-order valence-corrected chi connectivity index (χ2v) is 7.82. The number of aryl methyl sites for hydroxylation is 1. The van der Waals surface area contributed by atoms with E-state index in [0.717, 1.165) is 50.6 Å². The number of imide groups is 1. The fourth-order valence-corrected chi connectivity index (χ4v) is 3.55. The molecule has 0 radical (unpaired) electrons. The van der Waals surface area contributed by atoms with Crippen LogP contribution in [0, 0.1) is 6.92 Å². The topological polar surface area (TPSA) is 85.5 Å². The second kappa shape index (κ2) is 11.0. The molecule has 1 aliphatic heterocycles. The summed E-state index contributed by atoms with van der Waals surface area (Å²) in [7, 11) is 3.30. The number of methoxy groups -OCH3 is 2. The van der Waals surface area contributed by atoms with E-state index in [-0.39, 0.29) is 11.9 Å². The van der Waals surface area contributed by atoms with E-state index in [2.05, 4.69) is 23.6 Å². The lowest BCUT2D eigenvalue weighted by molar-refractivity contribution is -1.02. The Balaban J connectivity index is 1.81. The summed E-state index contributed by atoms with van der Waals surface area (Å²) in [5.41, 5.74) is 2.44. The van der Waals surface area contributed by atoms with E-state index in [4.69, 9.17) is 9.47 Å². The summed E-state index contributed by atoms with van der Waals surface area (Å²) in [5.74, 6) is 1.28. The van der Waals surface area contributed by atoms with E-state index >= 15 is 0 Å². The molecule has 0 aliphatic carbocycles. The smallest absolute Gasteiger partial charge is 0.321 e. The molecule has 3 amide bonds. The number of rotatable bonds is 8. The molecule has 0 bridgehead atoms. The van der Waals surface area contributed by atoms with Crippen LogP contribution in [-0.2, 0) is 11.3 Å². The van der Waals surface area contributed by atoms with E-state index in [9.17, 15) is 9.59 Å². The van der Waals surface area contributed by atoms with E-state index in [0.29, 0.717) is 6.54 Å². The van der Waals surface area contributed by atoms with Gasteiger partial charge in [0.15, 0.2) is 18.0 Å². The van der Waals surface area contributed by atoms with Crippen molar-refractivity contribution in [2.24, 2.45) is 0 Å². The lowest BCUT2D eigenvalue weighted by atomic mass is 10.1. The van der Waals surface area contributed by atoms with Crippen LogP contribution < -0.4 is 29.9 Å². The van der Waals surface area contributed by atoms with Crippen LogP contribution in [0.2, 0.25) is 0 Å². The van der Waals surface area contributed by atoms with Crippen molar-refractivity contribution < 1.29 is 28.9 Å². The molecule has 4 N–H and O–H groups in total. The van der Waals surface area contributed by atoms with Crippen molar-refractivity contribution in [3.8, 4) is 11.5 Å². The highest BCUT2D eigenvalue weighted by Crippen LogP contribution is 2.29. The lowest BCUT2D eigenvalue weighted by Gasteiger charge is -2.29. The van der Waals surface area contributed by atoms with E-state index < -0.39 is 6.03 Å². The largest absolute Gasteiger partial charge is 0.493 e. The Bertz CT molecular complexity index is 702. The molecule has 8 nitrogen and oxygen atoms in total. The van der Waals surface area contributed by atoms with Gasteiger partial charge in [0.05, 0.1) is 14.2 Å². The van der Waals surface area contributed by atoms with Gasteiger partial charge in [-0.15, -0.1) is 0 Å². The van der Waals surface area contributed by atoms with Crippen LogP contribution in [0.15, 0.2) is 12.1 Å². The van der Waals surface area contributed by atoms with Crippen LogP contribution in [0.1, 0.15) is 31.4 Å². The van der Waals surface area contributed by atoms with Gasteiger partial charge < -0.3 is 24.6 Å². The van der Waals surface area contributed by atoms with Gasteiger partial charge >= 0.3 is 6.03 Å². The zero-order chi connectivity index (χ0) is 21.4. The lowest BCUT2D eigenvalue weighted by Crippen LogP contribution is -3.28. The minimum atomic E-state index is -0.406. The molecule has 2 rings (SSSR count). The number of carbonyl (C=O) groups excluding carboxylic acids is 2. The van der Waals surface area contributed by atoms with Crippen LogP contribution in [0.3, 0.4) is 0 Å². The molecule has 0 saturated carbocycles. The maximum atomic E-state index is 12.1. The molecule has 1 aromatic rings. The van der Waals surface area contributed by atoms with Crippen molar-refractivity contribution >= 4 is 11.9 Å². The first-order valence-corrected chi connectivity index (χ1v) is 10.3. The Labute approximate surface area is 173 Å². The normalized spacial score (nSPS) is 19.9. The predicted octanol–water partition coefficient (Wildman–Crippen LogP) is -1.08. The fourth-order valence-electron chi connectivity index (χ4n) is 3.55. The molecule has 1 aliphatic rings. The van der Waals surface area contributed by atoms with Crippen molar-refractivity contribution in [1.29, 1.82) is 0 Å². The van der Waals surface area contributed by atoms with Crippen molar-refractivity contribution in [3.05, 3.63) is 23.3 Å². The summed E-state index contributed by atoms with van der Waals surface area (Å²) in [5, 5.41) is 5.18. The summed E-state index contributed by atoms with van der Waals surface area (Å²) in [6.07, 6.45) is 0.830. The van der Waals surface area contributed by atoms with E-state index in [1.165, 1.54) is 20.9 Å².